The molecule has 2 atom stereocenters. The zero-order chi connectivity index (χ0) is 19.6. The number of thiophene rings is 1. The fourth-order valence-electron chi connectivity index (χ4n) is 2.79. The van der Waals surface area contributed by atoms with Crippen LogP contribution in [0.15, 0.2) is 41.8 Å². The molecule has 1 heterocycles. The Balaban J connectivity index is 2.01. The third-order valence-electron chi connectivity index (χ3n) is 4.57. The van der Waals surface area contributed by atoms with Gasteiger partial charge in [0.15, 0.2) is 0 Å². The summed E-state index contributed by atoms with van der Waals surface area (Å²) in [6.45, 7) is 6.97. The van der Waals surface area contributed by atoms with Gasteiger partial charge in [-0.2, -0.15) is 0 Å². The van der Waals surface area contributed by atoms with Crippen molar-refractivity contribution in [2.24, 2.45) is 0 Å². The fourth-order valence-corrected chi connectivity index (χ4v) is 3.61. The van der Waals surface area contributed by atoms with Crippen LogP contribution < -0.4 is 16.0 Å². The average molecular weight is 388 g/mol. The van der Waals surface area contributed by atoms with E-state index < -0.39 is 0 Å². The molecular formula is C21H29N3O2S. The molecule has 0 saturated heterocycles. The first kappa shape index (κ1) is 21.1. The number of benzene rings is 1. The summed E-state index contributed by atoms with van der Waals surface area (Å²) in [6, 6.07) is 12.6. The molecule has 2 rings (SSSR count). The molecule has 0 fully saturated rings. The molecule has 146 valence electrons. The molecule has 0 radical (unpaired) electrons. The third kappa shape index (κ3) is 6.48. The van der Waals surface area contributed by atoms with Crippen molar-refractivity contribution in [1.82, 2.24) is 16.0 Å². The summed E-state index contributed by atoms with van der Waals surface area (Å²) in [6.07, 6.45) is 1.11. The fraction of sp³-hybridized carbons (Fsp3) is 0.429. The summed E-state index contributed by atoms with van der Waals surface area (Å²) in [4.78, 5) is 24.7. The molecule has 1 aromatic carbocycles. The Morgan fingerprint density at radius 1 is 0.963 bits per heavy atom. The Kier molecular flexibility index (Phi) is 8.48. The number of rotatable bonds is 10. The molecule has 0 bridgehead atoms. The Labute approximate surface area is 165 Å². The lowest BCUT2D eigenvalue weighted by molar-refractivity contribution is -0.125. The van der Waals surface area contributed by atoms with Gasteiger partial charge in [-0.1, -0.05) is 44.2 Å². The molecule has 2 amide bonds. The first-order chi connectivity index (χ1) is 13.0. The van der Waals surface area contributed by atoms with Crippen LogP contribution in [-0.4, -0.2) is 31.4 Å². The largest absolute Gasteiger partial charge is 0.355 e. The lowest BCUT2D eigenvalue weighted by Crippen LogP contribution is -2.41. The predicted octanol–water partition coefficient (Wildman–Crippen LogP) is 3.19. The van der Waals surface area contributed by atoms with Gasteiger partial charge in [-0.15, -0.1) is 11.3 Å². The Bertz CT molecular complexity index is 714. The van der Waals surface area contributed by atoms with Crippen molar-refractivity contribution in [3.63, 3.8) is 0 Å². The van der Waals surface area contributed by atoms with E-state index >= 15 is 0 Å². The van der Waals surface area contributed by atoms with Crippen LogP contribution >= 0.6 is 11.3 Å². The highest BCUT2D eigenvalue weighted by molar-refractivity contribution is 7.10. The van der Waals surface area contributed by atoms with Crippen molar-refractivity contribution < 1.29 is 9.59 Å². The van der Waals surface area contributed by atoms with E-state index in [9.17, 15) is 9.59 Å². The van der Waals surface area contributed by atoms with Gasteiger partial charge >= 0.3 is 0 Å². The molecule has 0 spiro atoms. The van der Waals surface area contributed by atoms with E-state index in [1.165, 1.54) is 5.56 Å². The molecule has 0 saturated carbocycles. The highest BCUT2D eigenvalue weighted by Gasteiger charge is 2.17. The van der Waals surface area contributed by atoms with Gasteiger partial charge in [0.1, 0.15) is 0 Å². The molecule has 0 unspecified atom stereocenters. The van der Waals surface area contributed by atoms with Crippen LogP contribution in [0.25, 0.3) is 0 Å². The second kappa shape index (κ2) is 10.8. The van der Waals surface area contributed by atoms with Crippen molar-refractivity contribution in [3.05, 3.63) is 57.8 Å². The Hall–Kier alpha value is -2.18. The standard InChI is InChI=1S/C21H29N3O2S/c1-4-15(3)16-8-10-17(11-9-16)21(18-7-6-12-27-18)24-14-20(26)23-13-19(25)22-5-2/h6-12,15,21,24H,4-5,13-14H2,1-3H3,(H,22,25)(H,23,26)/t15-,21-/m1/s1. The van der Waals surface area contributed by atoms with Crippen LogP contribution in [0, 0.1) is 0 Å². The van der Waals surface area contributed by atoms with Crippen LogP contribution in [0.1, 0.15) is 55.2 Å². The normalized spacial score (nSPS) is 13.0. The number of likely N-dealkylation sites (N-methyl/N-ethyl adjacent to an activating group) is 1. The lowest BCUT2D eigenvalue weighted by Gasteiger charge is -2.19. The second-order valence-electron chi connectivity index (χ2n) is 6.54. The van der Waals surface area contributed by atoms with Gasteiger partial charge in [-0.3, -0.25) is 14.9 Å². The highest BCUT2D eigenvalue weighted by atomic mass is 32.1. The van der Waals surface area contributed by atoms with Gasteiger partial charge in [-0.05, 0) is 41.8 Å². The molecule has 1 aromatic heterocycles. The van der Waals surface area contributed by atoms with Crippen molar-refractivity contribution in [3.8, 4) is 0 Å². The Morgan fingerprint density at radius 2 is 1.63 bits per heavy atom. The van der Waals surface area contributed by atoms with E-state index in [4.69, 9.17) is 0 Å². The summed E-state index contributed by atoms with van der Waals surface area (Å²) in [7, 11) is 0. The number of carbonyl (C=O) groups is 2. The molecule has 2 aromatic rings. The van der Waals surface area contributed by atoms with Gasteiger partial charge < -0.3 is 10.6 Å². The maximum absolute atomic E-state index is 12.1. The zero-order valence-electron chi connectivity index (χ0n) is 16.2. The van der Waals surface area contributed by atoms with Gasteiger partial charge in [0.05, 0.1) is 19.1 Å². The van der Waals surface area contributed by atoms with Gasteiger partial charge in [0, 0.05) is 11.4 Å². The quantitative estimate of drug-likeness (QED) is 0.586. The average Bonchev–Trinajstić information content (AvgIpc) is 3.21. The highest BCUT2D eigenvalue weighted by Crippen LogP contribution is 2.27. The van der Waals surface area contributed by atoms with Crippen molar-refractivity contribution in [2.45, 2.75) is 39.2 Å². The number of nitrogens with one attached hydrogen (secondary N) is 3. The monoisotopic (exact) mass is 387 g/mol. The third-order valence-corrected chi connectivity index (χ3v) is 5.50. The number of hydrogen-bond acceptors (Lipinski definition) is 4. The number of amides is 2. The van der Waals surface area contributed by atoms with E-state index in [1.807, 2.05) is 18.4 Å². The minimum atomic E-state index is -0.195. The smallest absolute Gasteiger partial charge is 0.239 e. The molecule has 0 aliphatic rings. The summed E-state index contributed by atoms with van der Waals surface area (Å²) in [5.74, 6) is 0.160. The Morgan fingerprint density at radius 3 is 2.22 bits per heavy atom. The maximum atomic E-state index is 12.1. The van der Waals surface area contributed by atoms with E-state index in [1.54, 1.807) is 11.3 Å². The minimum absolute atomic E-state index is 0.00161. The van der Waals surface area contributed by atoms with E-state index in [2.05, 4.69) is 60.1 Å². The summed E-state index contributed by atoms with van der Waals surface area (Å²) >= 11 is 1.66. The summed E-state index contributed by atoms with van der Waals surface area (Å²) in [5.41, 5.74) is 2.45. The topological polar surface area (TPSA) is 70.2 Å². The second-order valence-corrected chi connectivity index (χ2v) is 7.51. The van der Waals surface area contributed by atoms with Crippen LogP contribution in [-0.2, 0) is 9.59 Å². The van der Waals surface area contributed by atoms with E-state index in [-0.39, 0.29) is 30.9 Å². The molecule has 3 N–H and O–H groups in total. The summed E-state index contributed by atoms with van der Waals surface area (Å²) in [5, 5.41) is 10.7. The van der Waals surface area contributed by atoms with Crippen LogP contribution in [0.2, 0.25) is 0 Å². The van der Waals surface area contributed by atoms with Crippen LogP contribution in [0.5, 0.6) is 0 Å². The van der Waals surface area contributed by atoms with Crippen LogP contribution in [0.3, 0.4) is 0 Å². The van der Waals surface area contributed by atoms with Gasteiger partial charge in [0.2, 0.25) is 11.8 Å². The first-order valence-electron chi connectivity index (χ1n) is 9.45. The van der Waals surface area contributed by atoms with E-state index in [0.717, 1.165) is 16.9 Å². The molecule has 0 aliphatic carbocycles. The lowest BCUT2D eigenvalue weighted by atomic mass is 9.95. The van der Waals surface area contributed by atoms with Crippen molar-refractivity contribution >= 4 is 23.2 Å². The summed E-state index contributed by atoms with van der Waals surface area (Å²) < 4.78 is 0. The van der Waals surface area contributed by atoms with Crippen LogP contribution in [0.4, 0.5) is 0 Å². The molecule has 6 heteroatoms. The molecule has 27 heavy (non-hydrogen) atoms. The minimum Gasteiger partial charge on any atom is -0.355 e. The van der Waals surface area contributed by atoms with E-state index in [0.29, 0.717) is 12.5 Å². The molecule has 5 nitrogen and oxygen atoms in total. The SMILES string of the molecule is CCNC(=O)CNC(=O)CN[C@H](c1ccc([C@H](C)CC)cc1)c1cccs1. The zero-order valence-corrected chi connectivity index (χ0v) is 17.1. The molecular weight excluding hydrogens is 358 g/mol. The van der Waals surface area contributed by atoms with Gasteiger partial charge in [-0.25, -0.2) is 0 Å². The van der Waals surface area contributed by atoms with Crippen molar-refractivity contribution in [2.75, 3.05) is 19.6 Å². The van der Waals surface area contributed by atoms with Gasteiger partial charge in [0.25, 0.3) is 0 Å². The first-order valence-corrected chi connectivity index (χ1v) is 10.3. The number of carbonyl (C=O) groups excluding carboxylic acids is 2. The maximum Gasteiger partial charge on any atom is 0.239 e. The van der Waals surface area contributed by atoms with Crippen molar-refractivity contribution in [1.29, 1.82) is 0 Å². The molecule has 0 aliphatic heterocycles. The number of hydrogen-bond donors (Lipinski definition) is 3. The predicted molar refractivity (Wildman–Crippen MR) is 111 cm³/mol.